The summed E-state index contributed by atoms with van der Waals surface area (Å²) in [5, 5.41) is 0. The first kappa shape index (κ1) is 21.6. The summed E-state index contributed by atoms with van der Waals surface area (Å²) in [6.07, 6.45) is 15.1. The van der Waals surface area contributed by atoms with Crippen molar-refractivity contribution in [2.45, 2.75) is 106 Å². The predicted octanol–water partition coefficient (Wildman–Crippen LogP) is 7.84. The Hall–Kier alpha value is -0.590. The minimum absolute atomic E-state index is 0.328. The van der Waals surface area contributed by atoms with Crippen LogP contribution in [-0.2, 0) is 4.79 Å². The topological polar surface area (TPSA) is 17.1 Å². The third-order valence-corrected chi connectivity index (χ3v) is 10.9. The van der Waals surface area contributed by atoms with Crippen LogP contribution < -0.4 is 0 Å². The lowest BCUT2D eigenvalue weighted by atomic mass is 9.46. The summed E-state index contributed by atoms with van der Waals surface area (Å²) in [6, 6.07) is 0. The van der Waals surface area contributed by atoms with E-state index in [-0.39, 0.29) is 0 Å². The number of carbonyl (C=O) groups is 1. The van der Waals surface area contributed by atoms with Gasteiger partial charge in [-0.25, -0.2) is 0 Å². The van der Waals surface area contributed by atoms with Crippen molar-refractivity contribution in [3.8, 4) is 0 Å². The van der Waals surface area contributed by atoms with Crippen LogP contribution in [-0.4, -0.2) is 5.78 Å². The minimum atomic E-state index is 0.328. The molecule has 3 fully saturated rings. The summed E-state index contributed by atoms with van der Waals surface area (Å²) < 4.78 is 0. The first-order valence-electron chi connectivity index (χ1n) is 12.9. The van der Waals surface area contributed by atoms with Crippen molar-refractivity contribution in [3.05, 3.63) is 11.6 Å². The molecule has 0 spiro atoms. The van der Waals surface area contributed by atoms with Gasteiger partial charge in [-0.15, -0.1) is 0 Å². The summed E-state index contributed by atoms with van der Waals surface area (Å²) in [7, 11) is 0. The van der Waals surface area contributed by atoms with E-state index in [4.69, 9.17) is 0 Å². The van der Waals surface area contributed by atoms with Crippen LogP contribution in [0.5, 0.6) is 0 Å². The van der Waals surface area contributed by atoms with Gasteiger partial charge in [-0.3, -0.25) is 4.79 Å². The van der Waals surface area contributed by atoms with E-state index < -0.39 is 0 Å². The van der Waals surface area contributed by atoms with E-state index in [1.807, 2.05) is 0 Å². The molecule has 0 amide bonds. The molecular formula is C28H46O. The van der Waals surface area contributed by atoms with Gasteiger partial charge in [0.05, 0.1) is 0 Å². The fourth-order valence-corrected chi connectivity index (χ4v) is 8.59. The Morgan fingerprint density at radius 3 is 2.41 bits per heavy atom. The molecule has 1 nitrogen and oxygen atoms in total. The molecule has 0 aromatic rings. The van der Waals surface area contributed by atoms with Gasteiger partial charge in [-0.05, 0) is 103 Å². The van der Waals surface area contributed by atoms with Gasteiger partial charge in [0, 0.05) is 6.42 Å². The van der Waals surface area contributed by atoms with Crippen LogP contribution in [0.1, 0.15) is 106 Å². The van der Waals surface area contributed by atoms with Crippen molar-refractivity contribution in [2.75, 3.05) is 0 Å². The molecule has 0 aliphatic heterocycles. The molecule has 0 radical (unpaired) electrons. The first-order chi connectivity index (χ1) is 13.7. The molecule has 0 aromatic carbocycles. The molecule has 164 valence electrons. The summed E-state index contributed by atoms with van der Waals surface area (Å²) in [6.45, 7) is 15.0. The van der Waals surface area contributed by atoms with E-state index in [2.05, 4.69) is 47.6 Å². The molecule has 0 saturated heterocycles. The second-order valence-electron chi connectivity index (χ2n) is 12.5. The van der Waals surface area contributed by atoms with Crippen molar-refractivity contribution < 1.29 is 4.79 Å². The maximum atomic E-state index is 12.0. The van der Waals surface area contributed by atoms with Crippen molar-refractivity contribution in [1.29, 1.82) is 0 Å². The smallest absolute Gasteiger partial charge is 0.155 e. The normalized spacial score (nSPS) is 44.0. The lowest BCUT2D eigenvalue weighted by molar-refractivity contribution is -0.117. The Labute approximate surface area is 180 Å². The fourth-order valence-electron chi connectivity index (χ4n) is 8.59. The van der Waals surface area contributed by atoms with E-state index in [0.29, 0.717) is 16.6 Å². The fraction of sp³-hybridized carbons (Fsp3) is 0.893. The van der Waals surface area contributed by atoms with Crippen LogP contribution in [0.25, 0.3) is 0 Å². The molecule has 0 unspecified atom stereocenters. The minimum Gasteiger partial charge on any atom is -0.295 e. The van der Waals surface area contributed by atoms with Crippen LogP contribution in [0.15, 0.2) is 11.6 Å². The average molecular weight is 399 g/mol. The van der Waals surface area contributed by atoms with Gasteiger partial charge in [-0.2, -0.15) is 0 Å². The Balaban J connectivity index is 1.49. The highest BCUT2D eigenvalue weighted by Gasteiger charge is 2.59. The molecule has 0 heterocycles. The molecule has 0 aromatic heterocycles. The molecule has 29 heavy (non-hydrogen) atoms. The SMILES string of the molecule is CC(C)[C@H](C)CC[C@@H](C)[C@H]1CC[C@H]2[C@@H]3CCC4=CC(=O)CC[C@]4(C)[C@@H]3CC[C@@]12C. The Kier molecular flexibility index (Phi) is 5.84. The van der Waals surface area contributed by atoms with E-state index in [0.717, 1.165) is 54.3 Å². The van der Waals surface area contributed by atoms with Crippen LogP contribution in [0.4, 0.5) is 0 Å². The number of hydrogen-bond donors (Lipinski definition) is 0. The highest BCUT2D eigenvalue weighted by atomic mass is 16.1. The summed E-state index contributed by atoms with van der Waals surface area (Å²) in [5.41, 5.74) is 2.42. The zero-order chi connectivity index (χ0) is 21.0. The third-order valence-electron chi connectivity index (χ3n) is 10.9. The number of hydrogen-bond acceptors (Lipinski definition) is 1. The summed E-state index contributed by atoms with van der Waals surface area (Å²) in [4.78, 5) is 12.0. The van der Waals surface area contributed by atoms with Crippen molar-refractivity contribution in [2.24, 2.45) is 52.3 Å². The third kappa shape index (κ3) is 3.57. The molecule has 0 N–H and O–H groups in total. The van der Waals surface area contributed by atoms with Crippen molar-refractivity contribution in [1.82, 2.24) is 0 Å². The number of allylic oxidation sites excluding steroid dienone is 1. The zero-order valence-corrected chi connectivity index (χ0v) is 20.1. The second kappa shape index (κ2) is 7.83. The molecule has 1 heteroatoms. The van der Waals surface area contributed by atoms with E-state index in [1.165, 1.54) is 56.9 Å². The largest absolute Gasteiger partial charge is 0.295 e. The van der Waals surface area contributed by atoms with Gasteiger partial charge in [0.25, 0.3) is 0 Å². The quantitative estimate of drug-likeness (QED) is 0.461. The lowest BCUT2D eigenvalue weighted by Crippen LogP contribution is -2.51. The summed E-state index contributed by atoms with van der Waals surface area (Å²) >= 11 is 0. The number of fused-ring (bicyclic) bond motifs is 5. The Morgan fingerprint density at radius 1 is 0.931 bits per heavy atom. The average Bonchev–Trinajstić information content (AvgIpc) is 3.03. The Morgan fingerprint density at radius 2 is 1.69 bits per heavy atom. The van der Waals surface area contributed by atoms with Crippen LogP contribution in [0, 0.1) is 52.3 Å². The molecular weight excluding hydrogens is 352 g/mol. The van der Waals surface area contributed by atoms with Gasteiger partial charge >= 0.3 is 0 Å². The summed E-state index contributed by atoms with van der Waals surface area (Å²) in [5.74, 6) is 6.57. The maximum Gasteiger partial charge on any atom is 0.155 e. The van der Waals surface area contributed by atoms with Crippen LogP contribution in [0.3, 0.4) is 0 Å². The van der Waals surface area contributed by atoms with Gasteiger partial charge in [-0.1, -0.05) is 60.0 Å². The zero-order valence-electron chi connectivity index (χ0n) is 20.1. The van der Waals surface area contributed by atoms with Gasteiger partial charge in [0.2, 0.25) is 0 Å². The number of ketones is 1. The second-order valence-corrected chi connectivity index (χ2v) is 12.5. The number of rotatable bonds is 5. The highest BCUT2D eigenvalue weighted by molar-refractivity contribution is 5.91. The van der Waals surface area contributed by atoms with Gasteiger partial charge in [0.1, 0.15) is 0 Å². The molecule has 4 aliphatic carbocycles. The highest BCUT2D eigenvalue weighted by Crippen LogP contribution is 2.67. The van der Waals surface area contributed by atoms with Crippen molar-refractivity contribution in [3.63, 3.8) is 0 Å². The first-order valence-corrected chi connectivity index (χ1v) is 12.9. The molecule has 3 saturated carbocycles. The van der Waals surface area contributed by atoms with E-state index in [1.54, 1.807) is 0 Å². The number of carbonyl (C=O) groups excluding carboxylic acids is 1. The standard InChI is InChI=1S/C28H46O/c1-18(2)19(3)7-8-20(4)24-11-12-25-23-10-9-21-17-22(29)13-15-27(21,5)26(23)14-16-28(24,25)6/h17-20,23-26H,7-16H2,1-6H3/t19-,20-,23+,24-,25+,26-,27+,28+/m1/s1. The molecule has 0 bridgehead atoms. The molecule has 4 aliphatic rings. The lowest BCUT2D eigenvalue weighted by Gasteiger charge is -2.58. The van der Waals surface area contributed by atoms with Crippen LogP contribution in [0.2, 0.25) is 0 Å². The predicted molar refractivity (Wildman–Crippen MR) is 123 cm³/mol. The van der Waals surface area contributed by atoms with E-state index in [9.17, 15) is 4.79 Å². The molecule has 8 atom stereocenters. The van der Waals surface area contributed by atoms with Crippen molar-refractivity contribution >= 4 is 5.78 Å². The van der Waals surface area contributed by atoms with Gasteiger partial charge < -0.3 is 0 Å². The molecule has 4 rings (SSSR count). The van der Waals surface area contributed by atoms with Gasteiger partial charge in [0.15, 0.2) is 5.78 Å². The Bertz CT molecular complexity index is 659. The maximum absolute atomic E-state index is 12.0. The van der Waals surface area contributed by atoms with E-state index >= 15 is 0 Å². The van der Waals surface area contributed by atoms with Crippen LogP contribution >= 0.6 is 0 Å². The monoisotopic (exact) mass is 398 g/mol.